The van der Waals surface area contributed by atoms with Gasteiger partial charge in [0.2, 0.25) is 0 Å². The van der Waals surface area contributed by atoms with Crippen molar-refractivity contribution in [3.05, 3.63) is 115 Å². The van der Waals surface area contributed by atoms with Gasteiger partial charge in [-0.05, 0) is 11.5 Å². The van der Waals surface area contributed by atoms with Crippen LogP contribution in [0.4, 0.5) is 0 Å². The van der Waals surface area contributed by atoms with E-state index in [1.165, 1.54) is 58.1 Å². The van der Waals surface area contributed by atoms with E-state index in [9.17, 15) is 0 Å². The monoisotopic (exact) mass is 685 g/mol. The molecule has 1 nitrogen and oxygen atoms in total. The molecule has 35 heavy (non-hydrogen) atoms. The second-order valence-corrected chi connectivity index (χ2v) is 9.86. The number of thiophene rings is 1. The van der Waals surface area contributed by atoms with Crippen molar-refractivity contribution in [2.45, 2.75) is 0 Å². The first kappa shape index (κ1) is 21.2. The molecule has 160 valence electrons. The maximum atomic E-state index is 3.79. The topological polar surface area (TPSA) is 4.41 Å². The summed E-state index contributed by atoms with van der Waals surface area (Å²) in [5, 5.41) is 8.81. The van der Waals surface area contributed by atoms with E-state index >= 15 is 0 Å². The molecule has 3 heteroatoms. The molecule has 0 unspecified atom stereocenters. The number of aromatic nitrogens is 1. The molecule has 8 rings (SSSR count). The van der Waals surface area contributed by atoms with Gasteiger partial charge in [0.05, 0.1) is 4.70 Å². The SMILES string of the molecule is [U+2].[c-]1ccccc1-c1[c-]c2c(cc1)c1c3ccccc3cn1c1c2ccc2c3ccccc3sc21. The second-order valence-electron chi connectivity index (χ2n) is 8.81. The van der Waals surface area contributed by atoms with E-state index in [1.54, 1.807) is 0 Å². The summed E-state index contributed by atoms with van der Waals surface area (Å²) < 4.78 is 5.07. The van der Waals surface area contributed by atoms with Crippen LogP contribution in [0.3, 0.4) is 0 Å². The average Bonchev–Trinajstić information content (AvgIpc) is 3.47. The van der Waals surface area contributed by atoms with Crippen LogP contribution in [0.5, 0.6) is 0 Å². The first-order valence-electron chi connectivity index (χ1n) is 11.5. The maximum absolute atomic E-state index is 3.79. The number of pyridine rings is 1. The van der Waals surface area contributed by atoms with Gasteiger partial charge in [0.1, 0.15) is 0 Å². The molecule has 0 atom stereocenters. The zero-order valence-corrected chi connectivity index (χ0v) is 23.7. The van der Waals surface area contributed by atoms with Crippen LogP contribution in [-0.2, 0) is 0 Å². The minimum Gasteiger partial charge on any atom is -0.327 e. The minimum absolute atomic E-state index is 0. The van der Waals surface area contributed by atoms with Crippen molar-refractivity contribution in [3.63, 3.8) is 0 Å². The van der Waals surface area contributed by atoms with Crippen LogP contribution in [0.1, 0.15) is 0 Å². The number of benzene rings is 5. The van der Waals surface area contributed by atoms with Gasteiger partial charge in [0, 0.05) is 38.1 Å². The second kappa shape index (κ2) is 7.97. The number of nitrogens with zero attached hydrogens (tertiary/aromatic N) is 1. The first-order valence-corrected chi connectivity index (χ1v) is 12.3. The summed E-state index contributed by atoms with van der Waals surface area (Å²) in [5.41, 5.74) is 4.66. The Labute approximate surface area is 230 Å². The Hall–Kier alpha value is -3.09. The Kier molecular flexibility index (Phi) is 4.83. The van der Waals surface area contributed by atoms with E-state index in [1.807, 2.05) is 23.5 Å². The number of rotatable bonds is 1. The average molecular weight is 686 g/mol. The molecule has 0 amide bonds. The van der Waals surface area contributed by atoms with Gasteiger partial charge in [-0.25, -0.2) is 5.56 Å². The van der Waals surface area contributed by atoms with Crippen molar-refractivity contribution >= 4 is 69.5 Å². The van der Waals surface area contributed by atoms with Crippen LogP contribution in [0.25, 0.3) is 69.3 Å². The number of hydrogen-bond donors (Lipinski definition) is 0. The third kappa shape index (κ3) is 2.99. The van der Waals surface area contributed by atoms with Gasteiger partial charge in [0.15, 0.2) is 0 Å². The summed E-state index contributed by atoms with van der Waals surface area (Å²) in [4.78, 5) is 0. The molecule has 0 fully saturated rings. The van der Waals surface area contributed by atoms with E-state index in [4.69, 9.17) is 0 Å². The summed E-state index contributed by atoms with van der Waals surface area (Å²) in [7, 11) is 0. The van der Waals surface area contributed by atoms with Crippen LogP contribution >= 0.6 is 11.3 Å². The van der Waals surface area contributed by atoms with Gasteiger partial charge in [-0.2, -0.15) is 42.0 Å². The van der Waals surface area contributed by atoms with Crippen molar-refractivity contribution in [1.82, 2.24) is 4.40 Å². The summed E-state index contributed by atoms with van der Waals surface area (Å²) in [6.45, 7) is 0. The van der Waals surface area contributed by atoms with Crippen LogP contribution in [0.2, 0.25) is 0 Å². The molecule has 3 aromatic heterocycles. The van der Waals surface area contributed by atoms with Crippen molar-refractivity contribution in [1.29, 1.82) is 0 Å². The Morgan fingerprint density at radius 3 is 2.23 bits per heavy atom. The fourth-order valence-electron chi connectivity index (χ4n) is 5.45. The number of fused-ring (bicyclic) bond motifs is 12. The molecule has 0 saturated heterocycles. The Bertz CT molecular complexity index is 2060. The molecule has 3 heterocycles. The zero-order valence-electron chi connectivity index (χ0n) is 18.7. The molecule has 0 aliphatic rings. The Morgan fingerprint density at radius 2 is 1.34 bits per heavy atom. The van der Waals surface area contributed by atoms with Crippen LogP contribution in [0, 0.1) is 43.2 Å². The van der Waals surface area contributed by atoms with Crippen molar-refractivity contribution in [3.8, 4) is 11.1 Å². The van der Waals surface area contributed by atoms with E-state index in [2.05, 4.69) is 108 Å². The third-order valence-electron chi connectivity index (χ3n) is 6.96. The van der Waals surface area contributed by atoms with Gasteiger partial charge >= 0.3 is 31.1 Å². The van der Waals surface area contributed by atoms with Crippen molar-refractivity contribution < 1.29 is 31.1 Å². The summed E-state index contributed by atoms with van der Waals surface area (Å²) in [6, 6.07) is 41.8. The van der Waals surface area contributed by atoms with E-state index in [-0.39, 0.29) is 31.1 Å². The Balaban J connectivity index is 0.00000210. The molecule has 0 saturated carbocycles. The number of hydrogen-bond acceptors (Lipinski definition) is 1. The first-order chi connectivity index (χ1) is 16.9. The Morgan fingerprint density at radius 1 is 0.600 bits per heavy atom. The summed E-state index contributed by atoms with van der Waals surface area (Å²) >= 11 is 1.88. The minimum atomic E-state index is 0. The molecule has 0 aliphatic heterocycles. The van der Waals surface area contributed by atoms with Gasteiger partial charge in [0.25, 0.3) is 0 Å². The van der Waals surface area contributed by atoms with Gasteiger partial charge in [-0.1, -0.05) is 65.4 Å². The molecule has 0 bridgehead atoms. The zero-order chi connectivity index (χ0) is 22.2. The standard InChI is InChI=1S/C32H17NS.U/c1-2-8-20(9-3-1)21-14-15-25-28(18-21)26-16-17-27-24-12-6-7-13-29(24)34-32(27)31(26)33-19-22-10-4-5-11-23(22)30(25)33;/h1-8,10-17,19H;/q-2;+2. The van der Waals surface area contributed by atoms with Gasteiger partial charge < -0.3 is 4.40 Å². The van der Waals surface area contributed by atoms with E-state index in [0.717, 1.165) is 11.1 Å². The summed E-state index contributed by atoms with van der Waals surface area (Å²) in [5.74, 6) is 0. The predicted octanol–water partition coefficient (Wildman–Crippen LogP) is 9.03. The van der Waals surface area contributed by atoms with Crippen LogP contribution in [0.15, 0.2) is 103 Å². The van der Waals surface area contributed by atoms with Crippen molar-refractivity contribution in [2.24, 2.45) is 0 Å². The summed E-state index contributed by atoms with van der Waals surface area (Å²) in [6.07, 6.45) is 2.30. The maximum Gasteiger partial charge on any atom is 2.00 e. The quantitative estimate of drug-likeness (QED) is 0.120. The largest absolute Gasteiger partial charge is 2.00 e. The molecule has 0 aliphatic carbocycles. The molecule has 0 spiro atoms. The molecule has 8 aromatic rings. The van der Waals surface area contributed by atoms with Crippen molar-refractivity contribution in [2.75, 3.05) is 0 Å². The van der Waals surface area contributed by atoms with Gasteiger partial charge in [-0.3, -0.25) is 0 Å². The van der Waals surface area contributed by atoms with Crippen LogP contribution in [-0.4, -0.2) is 4.40 Å². The molecular weight excluding hydrogens is 668 g/mol. The van der Waals surface area contributed by atoms with Crippen LogP contribution < -0.4 is 0 Å². The normalized spacial score (nSPS) is 11.8. The molecular formula is C32H17NSU. The van der Waals surface area contributed by atoms with E-state index in [0.29, 0.717) is 0 Å². The smallest absolute Gasteiger partial charge is 0.327 e. The predicted molar refractivity (Wildman–Crippen MR) is 146 cm³/mol. The van der Waals surface area contributed by atoms with E-state index < -0.39 is 0 Å². The fraction of sp³-hybridized carbons (Fsp3) is 0. The molecule has 0 radical (unpaired) electrons. The molecule has 5 aromatic carbocycles. The van der Waals surface area contributed by atoms with Gasteiger partial charge in [-0.15, -0.1) is 28.9 Å². The third-order valence-corrected chi connectivity index (χ3v) is 8.15. The fourth-order valence-corrected chi connectivity index (χ4v) is 6.69. The molecule has 0 N–H and O–H groups in total.